The highest BCUT2D eigenvalue weighted by Crippen LogP contribution is 2.23. The maximum Gasteiger partial charge on any atom is 0.0363 e. The zero-order valence-corrected chi connectivity index (χ0v) is 10.0. The van der Waals surface area contributed by atoms with Crippen molar-refractivity contribution < 1.29 is 0 Å². The van der Waals surface area contributed by atoms with Crippen LogP contribution in [0, 0.1) is 5.41 Å². The van der Waals surface area contributed by atoms with Crippen LogP contribution < -0.4 is 10.6 Å². The van der Waals surface area contributed by atoms with E-state index in [1.54, 1.807) is 0 Å². The molecule has 1 aromatic rings. The summed E-state index contributed by atoms with van der Waals surface area (Å²) in [4.78, 5) is 2.27. The molecule has 1 rings (SSSR count). The van der Waals surface area contributed by atoms with E-state index in [4.69, 9.17) is 5.73 Å². The fourth-order valence-electron chi connectivity index (χ4n) is 1.67. The van der Waals surface area contributed by atoms with Gasteiger partial charge in [-0.2, -0.15) is 0 Å². The number of benzene rings is 1. The molecule has 0 saturated carbocycles. The van der Waals surface area contributed by atoms with Crippen LogP contribution in [-0.2, 0) is 0 Å². The van der Waals surface area contributed by atoms with Gasteiger partial charge < -0.3 is 10.6 Å². The van der Waals surface area contributed by atoms with Crippen LogP contribution in [0.15, 0.2) is 30.3 Å². The molecule has 15 heavy (non-hydrogen) atoms. The summed E-state index contributed by atoms with van der Waals surface area (Å²) in [5, 5.41) is 0. The molecule has 1 atom stereocenters. The number of nitrogens with zero attached hydrogens (tertiary/aromatic N) is 1. The summed E-state index contributed by atoms with van der Waals surface area (Å²) >= 11 is 0. The molecule has 0 radical (unpaired) electrons. The molecule has 0 amide bonds. The summed E-state index contributed by atoms with van der Waals surface area (Å²) in [6, 6.07) is 10.4. The monoisotopic (exact) mass is 206 g/mol. The lowest BCUT2D eigenvalue weighted by molar-refractivity contribution is 0.330. The Morgan fingerprint density at radius 2 is 1.87 bits per heavy atom. The summed E-state index contributed by atoms with van der Waals surface area (Å²) in [6.45, 7) is 6.18. The molecule has 0 aromatic heterocycles. The van der Waals surface area contributed by atoms with Crippen molar-refractivity contribution in [2.24, 2.45) is 11.1 Å². The lowest BCUT2D eigenvalue weighted by Gasteiger charge is -2.33. The van der Waals surface area contributed by atoms with Gasteiger partial charge in [0, 0.05) is 19.3 Å². The van der Waals surface area contributed by atoms with E-state index in [2.05, 4.69) is 50.1 Å². The van der Waals surface area contributed by atoms with Crippen LogP contribution in [0.2, 0.25) is 0 Å². The van der Waals surface area contributed by atoms with Crippen molar-refractivity contribution in [3.8, 4) is 0 Å². The molecule has 0 fully saturated rings. The molecule has 0 aliphatic rings. The minimum absolute atomic E-state index is 0.213. The number of hydrogen-bond donors (Lipinski definition) is 1. The van der Waals surface area contributed by atoms with Crippen LogP contribution >= 0.6 is 0 Å². The highest BCUT2D eigenvalue weighted by atomic mass is 15.1. The van der Waals surface area contributed by atoms with Gasteiger partial charge in [-0.3, -0.25) is 0 Å². The molecule has 2 nitrogen and oxygen atoms in total. The quantitative estimate of drug-likeness (QED) is 0.802. The zero-order valence-electron chi connectivity index (χ0n) is 10.0. The van der Waals surface area contributed by atoms with Crippen molar-refractivity contribution in [1.29, 1.82) is 0 Å². The first kappa shape index (κ1) is 12.1. The van der Waals surface area contributed by atoms with Crippen LogP contribution in [0.5, 0.6) is 0 Å². The third kappa shape index (κ3) is 3.24. The second-order valence-electron chi connectivity index (χ2n) is 4.56. The first-order chi connectivity index (χ1) is 7.11. The van der Waals surface area contributed by atoms with Gasteiger partial charge in [-0.1, -0.05) is 32.0 Å². The normalized spacial score (nSPS) is 14.7. The lowest BCUT2D eigenvalue weighted by Crippen LogP contribution is -2.38. The molecule has 0 aliphatic heterocycles. The zero-order chi connectivity index (χ0) is 11.3. The van der Waals surface area contributed by atoms with E-state index in [0.29, 0.717) is 0 Å². The molecule has 0 saturated heterocycles. The van der Waals surface area contributed by atoms with Gasteiger partial charge in [-0.05, 0) is 30.5 Å². The first-order valence-corrected chi connectivity index (χ1v) is 5.57. The summed E-state index contributed by atoms with van der Waals surface area (Å²) in [7, 11) is 2.12. The molecular formula is C13H22N2. The number of rotatable bonds is 5. The van der Waals surface area contributed by atoms with Gasteiger partial charge in [0.1, 0.15) is 0 Å². The Bertz CT molecular complexity index is 278. The Balaban J connectivity index is 2.67. The van der Waals surface area contributed by atoms with Crippen LogP contribution in [0.4, 0.5) is 5.69 Å². The van der Waals surface area contributed by atoms with Crippen molar-refractivity contribution in [3.63, 3.8) is 0 Å². The van der Waals surface area contributed by atoms with E-state index in [0.717, 1.165) is 19.5 Å². The lowest BCUT2D eigenvalue weighted by atomic mass is 9.87. The van der Waals surface area contributed by atoms with E-state index in [-0.39, 0.29) is 5.41 Å². The van der Waals surface area contributed by atoms with E-state index in [1.165, 1.54) is 5.69 Å². The van der Waals surface area contributed by atoms with Gasteiger partial charge in [-0.25, -0.2) is 0 Å². The van der Waals surface area contributed by atoms with E-state index in [1.807, 2.05) is 6.07 Å². The van der Waals surface area contributed by atoms with Crippen molar-refractivity contribution in [2.45, 2.75) is 20.3 Å². The van der Waals surface area contributed by atoms with Gasteiger partial charge in [-0.15, -0.1) is 0 Å². The standard InChI is InChI=1S/C13H22N2/c1-4-13(2,10-14)11-15(3)12-8-6-5-7-9-12/h5-9H,4,10-11,14H2,1-3H3. The third-order valence-corrected chi connectivity index (χ3v) is 3.16. The molecule has 0 heterocycles. The predicted molar refractivity (Wildman–Crippen MR) is 67.2 cm³/mol. The molecular weight excluding hydrogens is 184 g/mol. The number of para-hydroxylation sites is 1. The predicted octanol–water partition coefficient (Wildman–Crippen LogP) is 2.50. The maximum atomic E-state index is 5.82. The summed E-state index contributed by atoms with van der Waals surface area (Å²) in [6.07, 6.45) is 1.11. The Labute approximate surface area is 93.1 Å². The molecule has 1 unspecified atom stereocenters. The Kier molecular flexibility index (Phi) is 4.15. The minimum atomic E-state index is 0.213. The van der Waals surface area contributed by atoms with Crippen LogP contribution in [0.25, 0.3) is 0 Å². The number of nitrogens with two attached hydrogens (primary N) is 1. The molecule has 84 valence electrons. The minimum Gasteiger partial charge on any atom is -0.374 e. The third-order valence-electron chi connectivity index (χ3n) is 3.16. The van der Waals surface area contributed by atoms with Crippen LogP contribution in [-0.4, -0.2) is 20.1 Å². The van der Waals surface area contributed by atoms with Gasteiger partial charge in [0.25, 0.3) is 0 Å². The van der Waals surface area contributed by atoms with Gasteiger partial charge >= 0.3 is 0 Å². The van der Waals surface area contributed by atoms with Gasteiger partial charge in [0.15, 0.2) is 0 Å². The Hall–Kier alpha value is -1.02. The SMILES string of the molecule is CCC(C)(CN)CN(C)c1ccccc1. The summed E-state index contributed by atoms with van der Waals surface area (Å²) < 4.78 is 0. The average molecular weight is 206 g/mol. The van der Waals surface area contributed by atoms with Crippen LogP contribution in [0.3, 0.4) is 0 Å². The molecule has 2 N–H and O–H groups in total. The highest BCUT2D eigenvalue weighted by Gasteiger charge is 2.22. The highest BCUT2D eigenvalue weighted by molar-refractivity contribution is 5.45. The molecule has 0 aliphatic carbocycles. The fourth-order valence-corrected chi connectivity index (χ4v) is 1.67. The molecule has 2 heteroatoms. The van der Waals surface area contributed by atoms with Crippen LogP contribution in [0.1, 0.15) is 20.3 Å². The number of hydrogen-bond acceptors (Lipinski definition) is 2. The average Bonchev–Trinajstić information content (AvgIpc) is 2.30. The Morgan fingerprint density at radius 3 is 2.33 bits per heavy atom. The molecule has 0 bridgehead atoms. The first-order valence-electron chi connectivity index (χ1n) is 5.57. The molecule has 1 aromatic carbocycles. The summed E-state index contributed by atoms with van der Waals surface area (Å²) in [5.74, 6) is 0. The maximum absolute atomic E-state index is 5.82. The van der Waals surface area contributed by atoms with E-state index in [9.17, 15) is 0 Å². The fraction of sp³-hybridized carbons (Fsp3) is 0.538. The van der Waals surface area contributed by atoms with E-state index < -0.39 is 0 Å². The summed E-state index contributed by atoms with van der Waals surface area (Å²) in [5.41, 5.74) is 7.29. The largest absolute Gasteiger partial charge is 0.374 e. The van der Waals surface area contributed by atoms with E-state index >= 15 is 0 Å². The van der Waals surface area contributed by atoms with Crippen molar-refractivity contribution in [1.82, 2.24) is 0 Å². The topological polar surface area (TPSA) is 29.3 Å². The smallest absolute Gasteiger partial charge is 0.0363 e. The number of anilines is 1. The molecule has 0 spiro atoms. The van der Waals surface area contributed by atoms with Crippen molar-refractivity contribution in [2.75, 3.05) is 25.0 Å². The second-order valence-corrected chi connectivity index (χ2v) is 4.56. The van der Waals surface area contributed by atoms with Crippen molar-refractivity contribution in [3.05, 3.63) is 30.3 Å². The second kappa shape index (κ2) is 5.17. The van der Waals surface area contributed by atoms with Gasteiger partial charge in [0.2, 0.25) is 0 Å². The Morgan fingerprint density at radius 1 is 1.27 bits per heavy atom. The van der Waals surface area contributed by atoms with Crippen molar-refractivity contribution >= 4 is 5.69 Å². The van der Waals surface area contributed by atoms with Gasteiger partial charge in [0.05, 0.1) is 0 Å².